The van der Waals surface area contributed by atoms with E-state index >= 15 is 0 Å². The number of piperazine rings is 1. The van der Waals surface area contributed by atoms with Gasteiger partial charge in [-0.05, 0) is 36.4 Å². The zero-order valence-electron chi connectivity index (χ0n) is 17.5. The molecule has 2 aromatic carbocycles. The predicted octanol–water partition coefficient (Wildman–Crippen LogP) is 1.28. The van der Waals surface area contributed by atoms with Crippen LogP contribution in [0.15, 0.2) is 53.4 Å². The number of hydrogen-bond donors (Lipinski definition) is 2. The summed E-state index contributed by atoms with van der Waals surface area (Å²) >= 11 is 0. The first-order chi connectivity index (χ1) is 14.8. The minimum absolute atomic E-state index is 0.0235. The van der Waals surface area contributed by atoms with Gasteiger partial charge < -0.3 is 19.9 Å². The molecule has 3 rings (SSSR count). The van der Waals surface area contributed by atoms with E-state index in [4.69, 9.17) is 4.74 Å². The molecule has 0 radical (unpaired) electrons. The van der Waals surface area contributed by atoms with E-state index in [1.54, 1.807) is 12.0 Å². The quantitative estimate of drug-likeness (QED) is 0.663. The largest absolute Gasteiger partial charge is 0.495 e. The van der Waals surface area contributed by atoms with Crippen molar-refractivity contribution in [3.63, 3.8) is 0 Å². The van der Waals surface area contributed by atoms with E-state index in [0.29, 0.717) is 31.9 Å². The molecule has 0 bridgehead atoms. The van der Waals surface area contributed by atoms with Crippen molar-refractivity contribution in [2.24, 2.45) is 0 Å². The van der Waals surface area contributed by atoms with Crippen LogP contribution in [-0.2, 0) is 19.6 Å². The van der Waals surface area contributed by atoms with Crippen LogP contribution in [0.1, 0.15) is 6.92 Å². The molecule has 2 amide bonds. The molecule has 166 valence electrons. The Balaban J connectivity index is 1.53. The molecule has 10 heteroatoms. The highest BCUT2D eigenvalue weighted by molar-refractivity contribution is 7.89. The summed E-state index contributed by atoms with van der Waals surface area (Å²) in [4.78, 5) is 27.4. The minimum atomic E-state index is -3.84. The van der Waals surface area contributed by atoms with Gasteiger partial charge in [-0.3, -0.25) is 9.59 Å². The first kappa shape index (κ1) is 22.6. The summed E-state index contributed by atoms with van der Waals surface area (Å²) < 4.78 is 32.7. The number of hydrogen-bond acceptors (Lipinski definition) is 6. The van der Waals surface area contributed by atoms with Crippen molar-refractivity contribution in [1.82, 2.24) is 9.62 Å². The second-order valence-corrected chi connectivity index (χ2v) is 8.84. The fourth-order valence-corrected chi connectivity index (χ4v) is 4.33. The molecule has 1 aliphatic heterocycles. The zero-order valence-corrected chi connectivity index (χ0v) is 18.3. The summed E-state index contributed by atoms with van der Waals surface area (Å²) in [5.74, 6) is 0.253. The Hall–Kier alpha value is -3.11. The molecule has 1 heterocycles. The van der Waals surface area contributed by atoms with Gasteiger partial charge in [0.2, 0.25) is 21.8 Å². The molecule has 0 aliphatic carbocycles. The van der Waals surface area contributed by atoms with Gasteiger partial charge in [-0.1, -0.05) is 12.1 Å². The summed E-state index contributed by atoms with van der Waals surface area (Å²) in [5.41, 5.74) is 1.47. The lowest BCUT2D eigenvalue weighted by molar-refractivity contribution is -0.130. The van der Waals surface area contributed by atoms with Crippen LogP contribution in [0.2, 0.25) is 0 Å². The highest BCUT2D eigenvalue weighted by Crippen LogP contribution is 2.28. The highest BCUT2D eigenvalue weighted by atomic mass is 32.2. The molecule has 9 nitrogen and oxygen atoms in total. The number of methoxy groups -OCH3 is 1. The summed E-state index contributed by atoms with van der Waals surface area (Å²) in [6, 6.07) is 13.5. The Morgan fingerprint density at radius 3 is 2.26 bits per heavy atom. The lowest BCUT2D eigenvalue weighted by Crippen LogP contribution is -2.51. The van der Waals surface area contributed by atoms with E-state index < -0.39 is 10.0 Å². The molecule has 0 spiro atoms. The Labute approximate surface area is 182 Å². The first-order valence-corrected chi connectivity index (χ1v) is 11.3. The number of nitrogens with one attached hydrogen (secondary N) is 2. The maximum atomic E-state index is 12.5. The number of rotatable bonds is 7. The Morgan fingerprint density at radius 1 is 1.00 bits per heavy atom. The number of nitrogens with zero attached hydrogens (tertiary/aromatic N) is 2. The maximum absolute atomic E-state index is 12.5. The van der Waals surface area contributed by atoms with Crippen LogP contribution in [0.3, 0.4) is 0 Å². The van der Waals surface area contributed by atoms with Gasteiger partial charge in [-0.15, -0.1) is 0 Å². The second-order valence-electron chi connectivity index (χ2n) is 7.07. The van der Waals surface area contributed by atoms with Crippen LogP contribution in [0.25, 0.3) is 0 Å². The van der Waals surface area contributed by atoms with E-state index in [-0.39, 0.29) is 23.3 Å². The van der Waals surface area contributed by atoms with Gasteiger partial charge in [0.1, 0.15) is 5.75 Å². The average Bonchev–Trinajstić information content (AvgIpc) is 2.77. The zero-order chi connectivity index (χ0) is 22.4. The number of carbonyl (C=O) groups excluding carboxylic acids is 2. The van der Waals surface area contributed by atoms with Crippen LogP contribution in [0.5, 0.6) is 5.75 Å². The molecule has 1 fully saturated rings. The Morgan fingerprint density at radius 2 is 1.65 bits per heavy atom. The molecule has 0 saturated carbocycles. The third kappa shape index (κ3) is 5.74. The summed E-state index contributed by atoms with van der Waals surface area (Å²) in [6.45, 7) is 3.29. The van der Waals surface area contributed by atoms with Crippen molar-refractivity contribution in [2.75, 3.05) is 50.1 Å². The maximum Gasteiger partial charge on any atom is 0.241 e. The predicted molar refractivity (Wildman–Crippen MR) is 118 cm³/mol. The average molecular weight is 447 g/mol. The van der Waals surface area contributed by atoms with Gasteiger partial charge in [-0.2, -0.15) is 0 Å². The minimum Gasteiger partial charge on any atom is -0.495 e. The van der Waals surface area contributed by atoms with E-state index in [9.17, 15) is 18.0 Å². The number of carbonyl (C=O) groups is 2. The molecule has 0 atom stereocenters. The van der Waals surface area contributed by atoms with Crippen molar-refractivity contribution in [2.45, 2.75) is 11.8 Å². The van der Waals surface area contributed by atoms with Crippen molar-refractivity contribution in [3.8, 4) is 5.75 Å². The van der Waals surface area contributed by atoms with Gasteiger partial charge in [0.25, 0.3) is 0 Å². The van der Waals surface area contributed by atoms with E-state index in [1.165, 1.54) is 31.2 Å². The topological polar surface area (TPSA) is 108 Å². The van der Waals surface area contributed by atoms with Gasteiger partial charge in [0, 0.05) is 38.8 Å². The molecule has 31 heavy (non-hydrogen) atoms. The fourth-order valence-electron chi connectivity index (χ4n) is 3.36. The molecule has 1 saturated heterocycles. The van der Waals surface area contributed by atoms with Crippen LogP contribution in [0, 0.1) is 0 Å². The number of amides is 2. The Bertz CT molecular complexity index is 1030. The molecule has 1 aliphatic rings. The van der Waals surface area contributed by atoms with Gasteiger partial charge in [-0.25, -0.2) is 13.1 Å². The summed E-state index contributed by atoms with van der Waals surface area (Å²) in [5, 5.41) is 2.57. The second kappa shape index (κ2) is 9.80. The number of para-hydroxylation sites is 2. The van der Waals surface area contributed by atoms with Crippen LogP contribution >= 0.6 is 0 Å². The van der Waals surface area contributed by atoms with Crippen LogP contribution in [-0.4, -0.2) is 65.0 Å². The number of ether oxygens (including phenoxy) is 1. The third-order valence-corrected chi connectivity index (χ3v) is 6.37. The monoisotopic (exact) mass is 446 g/mol. The fraction of sp³-hybridized carbons (Fsp3) is 0.333. The van der Waals surface area contributed by atoms with Crippen LogP contribution < -0.4 is 19.7 Å². The summed E-state index contributed by atoms with van der Waals surface area (Å²) in [6.07, 6.45) is 0. The number of sulfonamides is 1. The lowest BCUT2D eigenvalue weighted by Gasteiger charge is -2.36. The molecule has 0 aromatic heterocycles. The Kier molecular flexibility index (Phi) is 7.13. The van der Waals surface area contributed by atoms with E-state index in [0.717, 1.165) is 11.4 Å². The number of anilines is 2. The molecular formula is C21H26N4O5S. The van der Waals surface area contributed by atoms with Crippen LogP contribution in [0.4, 0.5) is 11.4 Å². The summed E-state index contributed by atoms with van der Waals surface area (Å²) in [7, 11) is -2.22. The van der Waals surface area contributed by atoms with Gasteiger partial charge >= 0.3 is 0 Å². The molecule has 0 unspecified atom stereocenters. The molecule has 2 N–H and O–H groups in total. The highest BCUT2D eigenvalue weighted by Gasteiger charge is 2.24. The van der Waals surface area contributed by atoms with Gasteiger partial charge in [0.15, 0.2) is 0 Å². The van der Waals surface area contributed by atoms with Crippen molar-refractivity contribution >= 4 is 33.2 Å². The molecular weight excluding hydrogens is 420 g/mol. The van der Waals surface area contributed by atoms with Crippen molar-refractivity contribution < 1.29 is 22.7 Å². The smallest absolute Gasteiger partial charge is 0.241 e. The van der Waals surface area contributed by atoms with E-state index in [1.807, 2.05) is 24.3 Å². The first-order valence-electron chi connectivity index (χ1n) is 9.83. The SMILES string of the molecule is COc1ccccc1N1CCN(C(=O)CNS(=O)(=O)c2ccc(NC(C)=O)cc2)CC1. The van der Waals surface area contributed by atoms with Gasteiger partial charge in [0.05, 0.1) is 24.2 Å². The van der Waals surface area contributed by atoms with Crippen molar-refractivity contribution in [1.29, 1.82) is 0 Å². The third-order valence-electron chi connectivity index (χ3n) is 4.96. The lowest BCUT2D eigenvalue weighted by atomic mass is 10.2. The van der Waals surface area contributed by atoms with Crippen molar-refractivity contribution in [3.05, 3.63) is 48.5 Å². The standard InChI is InChI=1S/C21H26N4O5S/c1-16(26)23-17-7-9-18(10-8-17)31(28,29)22-15-21(27)25-13-11-24(12-14-25)19-5-3-4-6-20(19)30-2/h3-10,22H,11-15H2,1-2H3,(H,23,26). The number of benzene rings is 2. The normalized spacial score (nSPS) is 14.3. The molecule has 2 aromatic rings. The van der Waals surface area contributed by atoms with E-state index in [2.05, 4.69) is 14.9 Å².